The first-order valence-electron chi connectivity index (χ1n) is 15.3. The van der Waals surface area contributed by atoms with Gasteiger partial charge in [0, 0.05) is 25.2 Å². The molecule has 0 rings (SSSR count). The Morgan fingerprint density at radius 2 is 0.879 bits per heavy atom. The van der Waals surface area contributed by atoms with Crippen LogP contribution in [0.4, 0.5) is 0 Å². The van der Waals surface area contributed by atoms with Crippen LogP contribution in [0, 0.1) is 0 Å². The van der Waals surface area contributed by atoms with Gasteiger partial charge >= 0.3 is 0 Å². The van der Waals surface area contributed by atoms with Crippen molar-refractivity contribution in [3.05, 3.63) is 0 Å². The van der Waals surface area contributed by atoms with Crippen molar-refractivity contribution < 1.29 is 0 Å². The van der Waals surface area contributed by atoms with Crippen LogP contribution in [-0.4, -0.2) is 43.2 Å². The maximum atomic E-state index is 5.94. The zero-order valence-corrected chi connectivity index (χ0v) is 23.6. The molecule has 0 aliphatic rings. The molecular formula is C30H65N3. The van der Waals surface area contributed by atoms with E-state index < -0.39 is 0 Å². The van der Waals surface area contributed by atoms with Crippen molar-refractivity contribution in [3.63, 3.8) is 0 Å². The van der Waals surface area contributed by atoms with E-state index in [4.69, 9.17) is 5.73 Å². The van der Waals surface area contributed by atoms with Crippen LogP contribution >= 0.6 is 0 Å². The largest absolute Gasteiger partial charge is 0.327 e. The van der Waals surface area contributed by atoms with Crippen LogP contribution in [0.2, 0.25) is 0 Å². The maximum absolute atomic E-state index is 5.94. The molecule has 0 fully saturated rings. The second-order valence-electron chi connectivity index (χ2n) is 11.0. The Kier molecular flexibility index (Phi) is 26.4. The average Bonchev–Trinajstić information content (AvgIpc) is 2.79. The fraction of sp³-hybridized carbons (Fsp3) is 1.00. The molecular weight excluding hydrogens is 402 g/mol. The minimum absolute atomic E-state index is 0.241. The Hall–Kier alpha value is -0.120. The highest BCUT2D eigenvalue weighted by Gasteiger charge is 2.10. The van der Waals surface area contributed by atoms with E-state index in [1.807, 2.05) is 0 Å². The van der Waals surface area contributed by atoms with Gasteiger partial charge in [0.2, 0.25) is 0 Å². The van der Waals surface area contributed by atoms with Crippen molar-refractivity contribution in [2.45, 2.75) is 168 Å². The third kappa shape index (κ3) is 26.3. The van der Waals surface area contributed by atoms with Crippen molar-refractivity contribution in [1.82, 2.24) is 10.2 Å². The SMILES string of the molecule is CCCCCCCCCCCCN(CCCCCCCCCCCC)CC(C)NCC(C)N. The predicted molar refractivity (Wildman–Crippen MR) is 151 cm³/mol. The lowest BCUT2D eigenvalue weighted by atomic mass is 10.1. The Balaban J connectivity index is 3.92. The zero-order valence-electron chi connectivity index (χ0n) is 23.6. The molecule has 3 heteroatoms. The zero-order chi connectivity index (χ0) is 24.4. The monoisotopic (exact) mass is 468 g/mol. The highest BCUT2D eigenvalue weighted by molar-refractivity contribution is 4.70. The molecule has 3 nitrogen and oxygen atoms in total. The Labute approximate surface area is 210 Å². The molecule has 0 aliphatic carbocycles. The van der Waals surface area contributed by atoms with Crippen LogP contribution in [0.25, 0.3) is 0 Å². The molecule has 0 aromatic rings. The smallest absolute Gasteiger partial charge is 0.0167 e. The van der Waals surface area contributed by atoms with Crippen molar-refractivity contribution in [1.29, 1.82) is 0 Å². The summed E-state index contributed by atoms with van der Waals surface area (Å²) in [7, 11) is 0. The topological polar surface area (TPSA) is 41.3 Å². The molecule has 0 aliphatic heterocycles. The summed E-state index contributed by atoms with van der Waals surface area (Å²) in [5.41, 5.74) is 5.94. The Bertz CT molecular complexity index is 334. The van der Waals surface area contributed by atoms with Gasteiger partial charge in [-0.15, -0.1) is 0 Å². The molecule has 33 heavy (non-hydrogen) atoms. The Morgan fingerprint density at radius 1 is 0.545 bits per heavy atom. The summed E-state index contributed by atoms with van der Waals surface area (Å²) in [6.45, 7) is 13.7. The molecule has 200 valence electrons. The van der Waals surface area contributed by atoms with Crippen molar-refractivity contribution in [3.8, 4) is 0 Å². The fourth-order valence-electron chi connectivity index (χ4n) is 4.78. The molecule has 0 bridgehead atoms. The molecule has 2 unspecified atom stereocenters. The van der Waals surface area contributed by atoms with Crippen LogP contribution < -0.4 is 11.1 Å². The molecule has 0 saturated heterocycles. The van der Waals surface area contributed by atoms with Gasteiger partial charge in [0.25, 0.3) is 0 Å². The Morgan fingerprint density at radius 3 is 1.21 bits per heavy atom. The number of nitrogens with zero attached hydrogens (tertiary/aromatic N) is 1. The predicted octanol–water partition coefficient (Wildman–Crippen LogP) is 8.46. The highest BCUT2D eigenvalue weighted by Crippen LogP contribution is 2.13. The van der Waals surface area contributed by atoms with Gasteiger partial charge in [-0.1, -0.05) is 129 Å². The van der Waals surface area contributed by atoms with Crippen LogP contribution in [0.1, 0.15) is 156 Å². The van der Waals surface area contributed by atoms with Crippen molar-refractivity contribution in [2.24, 2.45) is 5.73 Å². The second kappa shape index (κ2) is 26.5. The lowest BCUT2D eigenvalue weighted by Crippen LogP contribution is -2.43. The normalized spacial score (nSPS) is 13.6. The first kappa shape index (κ1) is 32.9. The van der Waals surface area contributed by atoms with Gasteiger partial charge in [-0.05, 0) is 39.8 Å². The third-order valence-corrected chi connectivity index (χ3v) is 6.98. The van der Waals surface area contributed by atoms with Gasteiger partial charge in [0.15, 0.2) is 0 Å². The van der Waals surface area contributed by atoms with Crippen LogP contribution in [-0.2, 0) is 0 Å². The minimum atomic E-state index is 0.241. The average molecular weight is 468 g/mol. The van der Waals surface area contributed by atoms with Crippen LogP contribution in [0.15, 0.2) is 0 Å². The third-order valence-electron chi connectivity index (χ3n) is 6.98. The molecule has 2 atom stereocenters. The molecule has 0 heterocycles. The van der Waals surface area contributed by atoms with E-state index in [1.54, 1.807) is 0 Å². The molecule has 0 amide bonds. The van der Waals surface area contributed by atoms with E-state index >= 15 is 0 Å². The van der Waals surface area contributed by atoms with E-state index in [0.29, 0.717) is 6.04 Å². The molecule has 0 aromatic heterocycles. The summed E-state index contributed by atoms with van der Waals surface area (Å²) in [4.78, 5) is 2.73. The van der Waals surface area contributed by atoms with Gasteiger partial charge in [0.1, 0.15) is 0 Å². The van der Waals surface area contributed by atoms with Crippen molar-refractivity contribution in [2.75, 3.05) is 26.2 Å². The summed E-state index contributed by atoms with van der Waals surface area (Å²) in [5.74, 6) is 0. The molecule has 0 saturated carbocycles. The van der Waals surface area contributed by atoms with Crippen LogP contribution in [0.3, 0.4) is 0 Å². The first-order chi connectivity index (χ1) is 16.1. The number of nitrogens with two attached hydrogens (primary N) is 1. The maximum Gasteiger partial charge on any atom is 0.0167 e. The van der Waals surface area contributed by atoms with Gasteiger partial charge in [0.05, 0.1) is 0 Å². The summed E-state index contributed by atoms with van der Waals surface area (Å²) in [6, 6.07) is 0.770. The lowest BCUT2D eigenvalue weighted by molar-refractivity contribution is 0.235. The number of hydrogen-bond acceptors (Lipinski definition) is 3. The van der Waals surface area contributed by atoms with Crippen LogP contribution in [0.5, 0.6) is 0 Å². The summed E-state index contributed by atoms with van der Waals surface area (Å²) in [6.07, 6.45) is 28.4. The molecule has 0 aromatic carbocycles. The summed E-state index contributed by atoms with van der Waals surface area (Å²) in [5, 5.41) is 3.62. The van der Waals surface area contributed by atoms with E-state index in [2.05, 4.69) is 37.9 Å². The molecule has 0 spiro atoms. The molecule has 0 radical (unpaired) electrons. The standard InChI is InChI=1S/C30H65N3/c1-5-7-9-11-13-15-17-19-21-23-25-33(28-30(4)32-27-29(3)31)26-24-22-20-18-16-14-12-10-8-6-2/h29-30,32H,5-28,31H2,1-4H3. The van der Waals surface area contributed by atoms with Gasteiger partial charge in [-0.2, -0.15) is 0 Å². The van der Waals surface area contributed by atoms with Gasteiger partial charge in [-0.3, -0.25) is 0 Å². The van der Waals surface area contributed by atoms with Gasteiger partial charge < -0.3 is 16.0 Å². The summed E-state index contributed by atoms with van der Waals surface area (Å²) < 4.78 is 0. The van der Waals surface area contributed by atoms with E-state index in [9.17, 15) is 0 Å². The van der Waals surface area contributed by atoms with E-state index in [0.717, 1.165) is 6.54 Å². The highest BCUT2D eigenvalue weighted by atomic mass is 15.1. The fourth-order valence-corrected chi connectivity index (χ4v) is 4.78. The van der Waals surface area contributed by atoms with E-state index in [-0.39, 0.29) is 6.04 Å². The quantitative estimate of drug-likeness (QED) is 0.119. The van der Waals surface area contributed by atoms with Gasteiger partial charge in [-0.25, -0.2) is 0 Å². The van der Waals surface area contributed by atoms with E-state index in [1.165, 1.54) is 148 Å². The number of unbranched alkanes of at least 4 members (excludes halogenated alkanes) is 18. The summed E-state index contributed by atoms with van der Waals surface area (Å²) >= 11 is 0. The number of rotatable bonds is 27. The number of nitrogens with one attached hydrogen (secondary N) is 1. The minimum Gasteiger partial charge on any atom is -0.327 e. The molecule has 3 N–H and O–H groups in total. The second-order valence-corrected chi connectivity index (χ2v) is 11.0. The lowest BCUT2D eigenvalue weighted by Gasteiger charge is -2.27. The van der Waals surface area contributed by atoms with Crippen molar-refractivity contribution >= 4 is 0 Å². The number of hydrogen-bond donors (Lipinski definition) is 2. The first-order valence-corrected chi connectivity index (χ1v) is 15.3.